The highest BCUT2D eigenvalue weighted by Crippen LogP contribution is 2.30. The number of aliphatic hydroxyl groups is 8. The van der Waals surface area contributed by atoms with E-state index in [-0.39, 0.29) is 12.5 Å². The van der Waals surface area contributed by atoms with E-state index in [2.05, 4.69) is 43.5 Å². The second-order valence-corrected chi connectivity index (χ2v) is 24.3. The summed E-state index contributed by atoms with van der Waals surface area (Å²) in [6.07, 6.45) is 47.5. The summed E-state index contributed by atoms with van der Waals surface area (Å²) in [5.41, 5.74) is 0. The van der Waals surface area contributed by atoms with Gasteiger partial charge in [0, 0.05) is 6.42 Å². The fourth-order valence-corrected chi connectivity index (χ4v) is 11.4. The zero-order chi connectivity index (χ0) is 58.8. The maximum Gasteiger partial charge on any atom is 0.220 e. The van der Waals surface area contributed by atoms with Crippen LogP contribution in [0.4, 0.5) is 0 Å². The third-order valence-corrected chi connectivity index (χ3v) is 16.9. The molecule has 0 aromatic carbocycles. The van der Waals surface area contributed by atoms with Crippen molar-refractivity contribution in [3.63, 3.8) is 0 Å². The highest BCUT2D eigenvalue weighted by atomic mass is 16.7. The van der Waals surface area contributed by atoms with Gasteiger partial charge in [-0.25, -0.2) is 0 Å². The molecule has 2 heterocycles. The number of carbonyl (C=O) groups is 1. The largest absolute Gasteiger partial charge is 0.394 e. The lowest BCUT2D eigenvalue weighted by Crippen LogP contribution is -2.65. The lowest BCUT2D eigenvalue weighted by atomic mass is 9.97. The molecule has 12 atom stereocenters. The maximum absolute atomic E-state index is 13.3. The molecule has 9 N–H and O–H groups in total. The Hall–Kier alpha value is -1.53. The zero-order valence-corrected chi connectivity index (χ0v) is 51.8. The molecule has 2 rings (SSSR count). The van der Waals surface area contributed by atoms with Crippen LogP contribution in [-0.4, -0.2) is 140 Å². The van der Waals surface area contributed by atoms with Gasteiger partial charge in [0.15, 0.2) is 12.6 Å². The van der Waals surface area contributed by atoms with Gasteiger partial charge < -0.3 is 65.1 Å². The van der Waals surface area contributed by atoms with Gasteiger partial charge in [0.05, 0.1) is 32.0 Å². The molecule has 478 valence electrons. The van der Waals surface area contributed by atoms with E-state index in [0.29, 0.717) is 12.8 Å². The van der Waals surface area contributed by atoms with Gasteiger partial charge in [0.25, 0.3) is 0 Å². The topological polar surface area (TPSA) is 228 Å². The van der Waals surface area contributed by atoms with E-state index in [1.54, 1.807) is 0 Å². The summed E-state index contributed by atoms with van der Waals surface area (Å²) < 4.78 is 22.9. The Morgan fingerprint density at radius 3 is 1.23 bits per heavy atom. The average molecular weight is 1150 g/mol. The lowest BCUT2D eigenvalue weighted by Gasteiger charge is -2.46. The number of carbonyl (C=O) groups excluding carboxylic acids is 1. The number of rotatable bonds is 56. The number of ether oxygens (including phenoxy) is 4. The van der Waals surface area contributed by atoms with Gasteiger partial charge >= 0.3 is 0 Å². The van der Waals surface area contributed by atoms with Crippen LogP contribution in [0.3, 0.4) is 0 Å². The van der Waals surface area contributed by atoms with E-state index in [4.69, 9.17) is 18.9 Å². The summed E-state index contributed by atoms with van der Waals surface area (Å²) in [6.45, 7) is 2.90. The van der Waals surface area contributed by atoms with Gasteiger partial charge in [0.2, 0.25) is 5.91 Å². The summed E-state index contributed by atoms with van der Waals surface area (Å²) in [4.78, 5) is 13.3. The van der Waals surface area contributed by atoms with Crippen LogP contribution in [0.2, 0.25) is 0 Å². The Kier molecular flexibility index (Phi) is 49.2. The molecule has 0 aliphatic carbocycles. The SMILES string of the molecule is CCCCCCC/C=C\C/C=C\CCCCCCCCCCCCCCCC(=O)NC(COC1OC(CO)C(OC2OC(CO)C(O)C(O)C2O)C(O)C1O)C(O)CCCCCCCCCCCCCCCCCCCCCCCC. The molecule has 0 bridgehead atoms. The Labute approximate surface area is 494 Å². The van der Waals surface area contributed by atoms with Crippen molar-refractivity contribution in [2.24, 2.45) is 0 Å². The number of hydrogen-bond donors (Lipinski definition) is 9. The minimum Gasteiger partial charge on any atom is -0.394 e. The molecule has 1 amide bonds. The fourth-order valence-electron chi connectivity index (χ4n) is 11.4. The van der Waals surface area contributed by atoms with Crippen LogP contribution >= 0.6 is 0 Å². The van der Waals surface area contributed by atoms with Gasteiger partial charge in [-0.2, -0.15) is 0 Å². The van der Waals surface area contributed by atoms with Gasteiger partial charge in [-0.1, -0.05) is 276 Å². The first-order chi connectivity index (χ1) is 39.6. The van der Waals surface area contributed by atoms with Gasteiger partial charge in [-0.3, -0.25) is 4.79 Å². The van der Waals surface area contributed by atoms with Crippen LogP contribution in [-0.2, 0) is 23.7 Å². The minimum atomic E-state index is -1.78. The van der Waals surface area contributed by atoms with Crippen molar-refractivity contribution in [3.05, 3.63) is 24.3 Å². The molecule has 2 saturated heterocycles. The molecule has 2 aliphatic heterocycles. The first-order valence-corrected chi connectivity index (χ1v) is 34.1. The minimum absolute atomic E-state index is 0.203. The molecule has 81 heavy (non-hydrogen) atoms. The number of unbranched alkanes of at least 4 members (excludes halogenated alkanes) is 39. The molecule has 12 unspecified atom stereocenters. The van der Waals surface area contributed by atoms with E-state index >= 15 is 0 Å². The Morgan fingerprint density at radius 1 is 0.444 bits per heavy atom. The van der Waals surface area contributed by atoms with E-state index in [9.17, 15) is 45.6 Å². The van der Waals surface area contributed by atoms with Crippen molar-refractivity contribution in [1.82, 2.24) is 5.32 Å². The van der Waals surface area contributed by atoms with Crippen molar-refractivity contribution in [1.29, 1.82) is 0 Å². The third kappa shape index (κ3) is 37.6. The van der Waals surface area contributed by atoms with E-state index in [1.165, 1.54) is 218 Å². The predicted octanol–water partition coefficient (Wildman–Crippen LogP) is 13.2. The van der Waals surface area contributed by atoms with Gasteiger partial charge in [-0.15, -0.1) is 0 Å². The summed E-state index contributed by atoms with van der Waals surface area (Å²) in [5, 5.41) is 87.6. The van der Waals surface area contributed by atoms with Crippen LogP contribution < -0.4 is 5.32 Å². The lowest BCUT2D eigenvalue weighted by molar-refractivity contribution is -0.359. The summed E-state index contributed by atoms with van der Waals surface area (Å²) >= 11 is 0. The first kappa shape index (κ1) is 75.6. The van der Waals surface area contributed by atoms with E-state index < -0.39 is 86.8 Å². The standard InChI is InChI=1S/C67H127NO13/c1-3-5-7-9-11-13-15-17-19-21-23-25-27-28-29-31-33-35-37-39-41-43-45-47-49-51-59(72)68-55(54-78-66-64(77)62(75)65(58(53-70)80-66)81-67-63(76)61(74)60(73)57(52-69)79-67)56(71)50-48-46-44-42-40-38-36-34-32-30-26-24-22-20-18-16-14-12-10-8-6-4-2/h15,17,21,23,55-58,60-67,69-71,73-77H,3-14,16,18-20,22,24-54H2,1-2H3,(H,68,72)/b17-15-,23-21-. The molecule has 0 aromatic heterocycles. The second kappa shape index (κ2) is 52.8. The summed E-state index contributed by atoms with van der Waals surface area (Å²) in [7, 11) is 0. The highest BCUT2D eigenvalue weighted by Gasteiger charge is 2.51. The molecule has 0 spiro atoms. The molecule has 14 nitrogen and oxygen atoms in total. The zero-order valence-electron chi connectivity index (χ0n) is 51.8. The number of hydrogen-bond acceptors (Lipinski definition) is 13. The Bertz CT molecular complexity index is 1450. The highest BCUT2D eigenvalue weighted by molar-refractivity contribution is 5.76. The molecule has 2 aliphatic rings. The number of amides is 1. The first-order valence-electron chi connectivity index (χ1n) is 34.1. The second-order valence-electron chi connectivity index (χ2n) is 24.3. The van der Waals surface area contributed by atoms with Crippen LogP contribution in [0.25, 0.3) is 0 Å². The monoisotopic (exact) mass is 1150 g/mol. The smallest absolute Gasteiger partial charge is 0.220 e. The average Bonchev–Trinajstić information content (AvgIpc) is 3.47. The molecule has 0 aromatic rings. The molecule has 2 fully saturated rings. The fraction of sp³-hybridized carbons (Fsp3) is 0.925. The molecular formula is C67H127NO13. The summed E-state index contributed by atoms with van der Waals surface area (Å²) in [6, 6.07) is -0.828. The van der Waals surface area contributed by atoms with Crippen molar-refractivity contribution < 1.29 is 64.6 Å². The predicted molar refractivity (Wildman–Crippen MR) is 328 cm³/mol. The van der Waals surface area contributed by atoms with E-state index in [1.807, 2.05) is 0 Å². The molecule has 14 heteroatoms. The van der Waals surface area contributed by atoms with Crippen LogP contribution in [0.5, 0.6) is 0 Å². The van der Waals surface area contributed by atoms with Crippen molar-refractivity contribution >= 4 is 5.91 Å². The Balaban J connectivity index is 1.69. The van der Waals surface area contributed by atoms with Crippen LogP contribution in [0, 0.1) is 0 Å². The number of allylic oxidation sites excluding steroid dienone is 4. The van der Waals surface area contributed by atoms with Crippen LogP contribution in [0.15, 0.2) is 24.3 Å². The number of nitrogens with one attached hydrogen (secondary N) is 1. The van der Waals surface area contributed by atoms with Crippen LogP contribution in [0.1, 0.15) is 303 Å². The Morgan fingerprint density at radius 2 is 0.815 bits per heavy atom. The van der Waals surface area contributed by atoms with Gasteiger partial charge in [0.1, 0.15) is 48.8 Å². The number of aliphatic hydroxyl groups excluding tert-OH is 8. The molecule has 0 saturated carbocycles. The van der Waals surface area contributed by atoms with Gasteiger partial charge in [-0.05, 0) is 44.9 Å². The molecular weight excluding hydrogens is 1030 g/mol. The van der Waals surface area contributed by atoms with E-state index in [0.717, 1.165) is 57.8 Å². The van der Waals surface area contributed by atoms with Crippen molar-refractivity contribution in [3.8, 4) is 0 Å². The maximum atomic E-state index is 13.3. The molecule has 0 radical (unpaired) electrons. The normalized spacial score (nSPS) is 24.2. The quantitative estimate of drug-likeness (QED) is 0.0204. The third-order valence-electron chi connectivity index (χ3n) is 16.9. The summed E-state index contributed by atoms with van der Waals surface area (Å²) in [5.74, 6) is -0.203. The van der Waals surface area contributed by atoms with Crippen molar-refractivity contribution in [2.45, 2.75) is 376 Å². The van der Waals surface area contributed by atoms with Crippen molar-refractivity contribution in [2.75, 3.05) is 19.8 Å².